The summed E-state index contributed by atoms with van der Waals surface area (Å²) < 4.78 is 12.9. The molecule has 0 saturated heterocycles. The van der Waals surface area contributed by atoms with Crippen molar-refractivity contribution in [1.29, 1.82) is 0 Å². The highest BCUT2D eigenvalue weighted by Crippen LogP contribution is 2.40. The number of rotatable bonds is 5. The maximum absolute atomic E-state index is 12.9. The van der Waals surface area contributed by atoms with Crippen LogP contribution in [0.3, 0.4) is 0 Å². The van der Waals surface area contributed by atoms with Gasteiger partial charge in [-0.2, -0.15) is 0 Å². The average molecular weight is 312 g/mol. The number of carbonyl (C=O) groups excluding carboxylic acids is 1. The fourth-order valence-electron chi connectivity index (χ4n) is 2.81. The number of hydrogen-bond acceptors (Lipinski definition) is 2. The first kappa shape index (κ1) is 15.7. The molecule has 0 heterocycles. The summed E-state index contributed by atoms with van der Waals surface area (Å²) in [6.07, 6.45) is 0.913. The van der Waals surface area contributed by atoms with Crippen LogP contribution in [-0.4, -0.2) is 30.9 Å². The Bertz CT molecular complexity index is 680. The predicted molar refractivity (Wildman–Crippen MR) is 88.8 cm³/mol. The molecule has 2 atom stereocenters. The molecule has 1 N–H and O–H groups in total. The number of nitrogens with one attached hydrogen (secondary N) is 1. The minimum atomic E-state index is -0.229. The fraction of sp³-hybridized carbons (Fsp3) is 0.316. The Labute approximate surface area is 136 Å². The molecule has 3 rings (SSSR count). The molecule has 4 heteroatoms. The predicted octanol–water partition coefficient (Wildman–Crippen LogP) is 3.17. The van der Waals surface area contributed by atoms with E-state index < -0.39 is 0 Å². The third kappa shape index (κ3) is 3.96. The Morgan fingerprint density at radius 3 is 2.39 bits per heavy atom. The van der Waals surface area contributed by atoms with Crippen molar-refractivity contribution in [3.8, 4) is 0 Å². The highest BCUT2D eigenvalue weighted by molar-refractivity contribution is 5.94. The van der Waals surface area contributed by atoms with Gasteiger partial charge in [-0.3, -0.25) is 4.79 Å². The van der Waals surface area contributed by atoms with Crippen molar-refractivity contribution >= 4 is 5.91 Å². The first-order valence-corrected chi connectivity index (χ1v) is 7.83. The summed E-state index contributed by atoms with van der Waals surface area (Å²) in [7, 11) is 4.03. The normalized spacial score (nSPS) is 19.7. The molecule has 1 amide bonds. The van der Waals surface area contributed by atoms with E-state index in [9.17, 15) is 9.18 Å². The standard InChI is InChI=1S/C19H21FN2O/c1-22(2)12-13-3-5-15(6-4-13)19(23)21-18-11-17(18)14-7-9-16(20)10-8-14/h3-10,17-18H,11-12H2,1-2H3,(H,21,23). The number of carbonyl (C=O) groups is 1. The van der Waals surface area contributed by atoms with E-state index in [1.165, 1.54) is 17.7 Å². The second-order valence-electron chi connectivity index (χ2n) is 6.41. The highest BCUT2D eigenvalue weighted by atomic mass is 19.1. The van der Waals surface area contributed by atoms with E-state index in [-0.39, 0.29) is 17.8 Å². The van der Waals surface area contributed by atoms with E-state index in [0.29, 0.717) is 11.5 Å². The van der Waals surface area contributed by atoms with Crippen LogP contribution in [0.4, 0.5) is 4.39 Å². The maximum atomic E-state index is 12.9. The van der Waals surface area contributed by atoms with Gasteiger partial charge >= 0.3 is 0 Å². The minimum absolute atomic E-state index is 0.0454. The zero-order valence-corrected chi connectivity index (χ0v) is 13.4. The molecule has 1 aliphatic carbocycles. The van der Waals surface area contributed by atoms with Crippen LogP contribution >= 0.6 is 0 Å². The molecule has 2 unspecified atom stereocenters. The van der Waals surface area contributed by atoms with Gasteiger partial charge in [-0.15, -0.1) is 0 Å². The first-order valence-electron chi connectivity index (χ1n) is 7.83. The Kier molecular flexibility index (Phi) is 4.44. The summed E-state index contributed by atoms with van der Waals surface area (Å²) in [6, 6.07) is 14.4. The molecule has 120 valence electrons. The molecule has 0 spiro atoms. The van der Waals surface area contributed by atoms with Gasteiger partial charge in [-0.1, -0.05) is 24.3 Å². The smallest absolute Gasteiger partial charge is 0.251 e. The molecule has 0 bridgehead atoms. The van der Waals surface area contributed by atoms with Crippen LogP contribution < -0.4 is 5.32 Å². The number of benzene rings is 2. The quantitative estimate of drug-likeness (QED) is 0.920. The average Bonchev–Trinajstić information content (AvgIpc) is 3.27. The van der Waals surface area contributed by atoms with Crippen molar-refractivity contribution in [2.45, 2.75) is 24.9 Å². The Morgan fingerprint density at radius 1 is 1.13 bits per heavy atom. The number of nitrogens with zero attached hydrogens (tertiary/aromatic N) is 1. The van der Waals surface area contributed by atoms with Gasteiger partial charge in [0.2, 0.25) is 0 Å². The molecule has 0 radical (unpaired) electrons. The third-order valence-corrected chi connectivity index (χ3v) is 4.12. The van der Waals surface area contributed by atoms with Crippen molar-refractivity contribution in [2.75, 3.05) is 14.1 Å². The molecule has 0 aromatic heterocycles. The van der Waals surface area contributed by atoms with Crippen LogP contribution in [0.15, 0.2) is 48.5 Å². The summed E-state index contributed by atoms with van der Waals surface area (Å²) >= 11 is 0. The lowest BCUT2D eigenvalue weighted by Crippen LogP contribution is -2.26. The lowest BCUT2D eigenvalue weighted by molar-refractivity contribution is 0.0950. The van der Waals surface area contributed by atoms with Gasteiger partial charge in [0, 0.05) is 24.1 Å². The topological polar surface area (TPSA) is 32.3 Å². The molecule has 2 aromatic rings. The van der Waals surface area contributed by atoms with E-state index in [4.69, 9.17) is 0 Å². The van der Waals surface area contributed by atoms with E-state index in [1.54, 1.807) is 12.1 Å². The molecular formula is C19H21FN2O. The van der Waals surface area contributed by atoms with Crippen LogP contribution in [-0.2, 0) is 6.54 Å². The van der Waals surface area contributed by atoms with Crippen molar-refractivity contribution in [1.82, 2.24) is 10.2 Å². The van der Waals surface area contributed by atoms with Crippen molar-refractivity contribution in [3.05, 3.63) is 71.0 Å². The summed E-state index contributed by atoms with van der Waals surface area (Å²) in [4.78, 5) is 14.4. The third-order valence-electron chi connectivity index (χ3n) is 4.12. The fourth-order valence-corrected chi connectivity index (χ4v) is 2.81. The second kappa shape index (κ2) is 6.50. The van der Waals surface area contributed by atoms with Gasteiger partial charge in [0.15, 0.2) is 0 Å². The first-order chi connectivity index (χ1) is 11.0. The minimum Gasteiger partial charge on any atom is -0.349 e. The van der Waals surface area contributed by atoms with Crippen LogP contribution in [0.5, 0.6) is 0 Å². The van der Waals surface area contributed by atoms with E-state index >= 15 is 0 Å². The molecule has 0 aliphatic heterocycles. The summed E-state index contributed by atoms with van der Waals surface area (Å²) in [5, 5.41) is 3.05. The van der Waals surface area contributed by atoms with E-state index in [2.05, 4.69) is 10.2 Å². The monoisotopic (exact) mass is 312 g/mol. The number of amides is 1. The summed E-state index contributed by atoms with van der Waals surface area (Å²) in [5.74, 6) is 0.0244. The highest BCUT2D eigenvalue weighted by Gasteiger charge is 2.39. The van der Waals surface area contributed by atoms with Crippen LogP contribution in [0.1, 0.15) is 33.8 Å². The van der Waals surface area contributed by atoms with Crippen LogP contribution in [0.25, 0.3) is 0 Å². The van der Waals surface area contributed by atoms with Crippen LogP contribution in [0, 0.1) is 5.82 Å². The molecule has 1 saturated carbocycles. The lowest BCUT2D eigenvalue weighted by atomic mass is 10.1. The zero-order valence-electron chi connectivity index (χ0n) is 13.4. The Morgan fingerprint density at radius 2 is 1.78 bits per heavy atom. The van der Waals surface area contributed by atoms with Crippen LogP contribution in [0.2, 0.25) is 0 Å². The molecule has 3 nitrogen and oxygen atoms in total. The van der Waals surface area contributed by atoms with Gasteiger partial charge in [-0.25, -0.2) is 4.39 Å². The van der Waals surface area contributed by atoms with Gasteiger partial charge in [0.1, 0.15) is 5.82 Å². The van der Waals surface area contributed by atoms with Crippen molar-refractivity contribution < 1.29 is 9.18 Å². The van der Waals surface area contributed by atoms with Crippen molar-refractivity contribution in [3.63, 3.8) is 0 Å². The van der Waals surface area contributed by atoms with E-state index in [0.717, 1.165) is 18.5 Å². The SMILES string of the molecule is CN(C)Cc1ccc(C(=O)NC2CC2c2ccc(F)cc2)cc1. The summed E-state index contributed by atoms with van der Waals surface area (Å²) in [5.41, 5.74) is 2.94. The van der Waals surface area contributed by atoms with E-state index in [1.807, 2.05) is 38.4 Å². The summed E-state index contributed by atoms with van der Waals surface area (Å²) in [6.45, 7) is 0.858. The maximum Gasteiger partial charge on any atom is 0.251 e. The van der Waals surface area contributed by atoms with Crippen molar-refractivity contribution in [2.24, 2.45) is 0 Å². The molecule has 23 heavy (non-hydrogen) atoms. The van der Waals surface area contributed by atoms with Gasteiger partial charge in [0.05, 0.1) is 0 Å². The Balaban J connectivity index is 1.57. The Hall–Kier alpha value is -2.20. The second-order valence-corrected chi connectivity index (χ2v) is 6.41. The van der Waals surface area contributed by atoms with Gasteiger partial charge in [0.25, 0.3) is 5.91 Å². The number of hydrogen-bond donors (Lipinski definition) is 1. The largest absolute Gasteiger partial charge is 0.349 e. The lowest BCUT2D eigenvalue weighted by Gasteiger charge is -2.10. The molecule has 1 aliphatic rings. The number of halogens is 1. The molecule has 1 fully saturated rings. The van der Waals surface area contributed by atoms with Gasteiger partial charge < -0.3 is 10.2 Å². The van der Waals surface area contributed by atoms with Gasteiger partial charge in [-0.05, 0) is 55.9 Å². The molecular weight excluding hydrogens is 291 g/mol. The zero-order chi connectivity index (χ0) is 16.4. The molecule has 2 aromatic carbocycles.